The van der Waals surface area contributed by atoms with E-state index in [4.69, 9.17) is 5.11 Å². The first-order valence-electron chi connectivity index (χ1n) is 3.83. The number of hydrogen-bond acceptors (Lipinski definition) is 3. The van der Waals surface area contributed by atoms with Gasteiger partial charge in [-0.05, 0) is 20.8 Å². The third kappa shape index (κ3) is 2.62. The van der Waals surface area contributed by atoms with Crippen LogP contribution < -0.4 is 5.32 Å². The normalized spacial score (nSPS) is 11.0. The topological polar surface area (TPSA) is 66.4 Å². The van der Waals surface area contributed by atoms with Gasteiger partial charge in [0.2, 0.25) is 5.91 Å². The van der Waals surface area contributed by atoms with Gasteiger partial charge < -0.3 is 10.4 Å². The van der Waals surface area contributed by atoms with Crippen LogP contribution in [0.5, 0.6) is 0 Å². The Balaban J connectivity index is 4.16. The lowest BCUT2D eigenvalue weighted by Crippen LogP contribution is -2.42. The molecule has 0 aliphatic heterocycles. The number of hydrogen-bond donors (Lipinski definition) is 2. The molecule has 12 heavy (non-hydrogen) atoms. The highest BCUT2D eigenvalue weighted by molar-refractivity contribution is 6.04. The Kier molecular flexibility index (Phi) is 3.89. The fourth-order valence-electron chi connectivity index (χ4n) is 0.550. The quantitative estimate of drug-likeness (QED) is 0.574. The van der Waals surface area contributed by atoms with Crippen LogP contribution in [0.4, 0.5) is 0 Å². The molecule has 0 aromatic rings. The highest BCUT2D eigenvalue weighted by Gasteiger charge is 2.32. The van der Waals surface area contributed by atoms with Crippen molar-refractivity contribution in [3.8, 4) is 0 Å². The van der Waals surface area contributed by atoms with Crippen molar-refractivity contribution >= 4 is 11.7 Å². The molecule has 0 heterocycles. The van der Waals surface area contributed by atoms with Gasteiger partial charge in [0, 0.05) is 6.54 Å². The number of nitrogens with one attached hydrogen (secondary N) is 1. The number of amides is 1. The molecule has 0 saturated carbocycles. The van der Waals surface area contributed by atoms with E-state index in [-0.39, 0.29) is 24.8 Å². The van der Waals surface area contributed by atoms with Gasteiger partial charge in [-0.3, -0.25) is 9.59 Å². The van der Waals surface area contributed by atoms with E-state index < -0.39 is 5.41 Å². The molecule has 70 valence electrons. The van der Waals surface area contributed by atoms with Crippen molar-refractivity contribution in [2.24, 2.45) is 5.41 Å². The zero-order chi connectivity index (χ0) is 9.78. The monoisotopic (exact) mass is 173 g/mol. The van der Waals surface area contributed by atoms with Crippen molar-refractivity contribution in [2.75, 3.05) is 13.2 Å². The maximum atomic E-state index is 11.2. The first kappa shape index (κ1) is 11.1. The van der Waals surface area contributed by atoms with Crippen LogP contribution in [0.15, 0.2) is 0 Å². The Bertz CT molecular complexity index is 187. The summed E-state index contributed by atoms with van der Waals surface area (Å²) in [6, 6.07) is 0. The van der Waals surface area contributed by atoms with E-state index in [0.29, 0.717) is 0 Å². The van der Waals surface area contributed by atoms with E-state index in [2.05, 4.69) is 5.32 Å². The molecule has 0 radical (unpaired) electrons. The van der Waals surface area contributed by atoms with Crippen LogP contribution in [0.25, 0.3) is 0 Å². The summed E-state index contributed by atoms with van der Waals surface area (Å²) < 4.78 is 0. The van der Waals surface area contributed by atoms with Crippen LogP contribution in [-0.2, 0) is 9.59 Å². The molecule has 0 aliphatic rings. The van der Waals surface area contributed by atoms with Gasteiger partial charge in [0.1, 0.15) is 11.2 Å². The van der Waals surface area contributed by atoms with Crippen molar-refractivity contribution in [3.05, 3.63) is 0 Å². The molecule has 4 nitrogen and oxygen atoms in total. The van der Waals surface area contributed by atoms with Crippen LogP contribution in [-0.4, -0.2) is 29.9 Å². The molecule has 2 N–H and O–H groups in total. The molecule has 1 amide bonds. The summed E-state index contributed by atoms with van der Waals surface area (Å²) in [5.74, 6) is -0.526. The number of aliphatic hydroxyl groups is 1. The molecular formula is C8H15NO3. The number of rotatable bonds is 4. The van der Waals surface area contributed by atoms with Gasteiger partial charge in [-0.25, -0.2) is 0 Å². The van der Waals surface area contributed by atoms with Gasteiger partial charge in [-0.2, -0.15) is 0 Å². The number of Topliss-reactive ketones (excluding diaryl/α,β-unsaturated/α-hetero) is 1. The number of carbonyl (C=O) groups is 2. The summed E-state index contributed by atoms with van der Waals surface area (Å²) in [5.41, 5.74) is -0.991. The number of aliphatic hydroxyl groups excluding tert-OH is 1. The third-order valence-corrected chi connectivity index (χ3v) is 1.85. The Hall–Kier alpha value is -0.900. The molecule has 0 aromatic heterocycles. The molecule has 0 rings (SSSR count). The van der Waals surface area contributed by atoms with E-state index in [1.54, 1.807) is 13.8 Å². The molecule has 0 atom stereocenters. The first-order chi connectivity index (χ1) is 5.42. The predicted octanol–water partition coefficient (Wildman–Crippen LogP) is -0.290. The molecule has 0 bridgehead atoms. The van der Waals surface area contributed by atoms with Crippen LogP contribution in [0, 0.1) is 5.41 Å². The Morgan fingerprint density at radius 3 is 2.25 bits per heavy atom. The van der Waals surface area contributed by atoms with Crippen molar-refractivity contribution in [3.63, 3.8) is 0 Å². The van der Waals surface area contributed by atoms with Crippen molar-refractivity contribution < 1.29 is 14.7 Å². The third-order valence-electron chi connectivity index (χ3n) is 1.85. The Morgan fingerprint density at radius 1 is 1.42 bits per heavy atom. The molecule has 0 spiro atoms. The minimum atomic E-state index is -0.991. The minimum Gasteiger partial charge on any atom is -0.395 e. The second kappa shape index (κ2) is 4.21. The molecule has 0 aliphatic carbocycles. The van der Waals surface area contributed by atoms with E-state index in [0.717, 1.165) is 0 Å². The smallest absolute Gasteiger partial charge is 0.233 e. The van der Waals surface area contributed by atoms with E-state index in [1.165, 1.54) is 6.92 Å². The average Bonchev–Trinajstić information content (AvgIpc) is 1.99. The highest BCUT2D eigenvalue weighted by Crippen LogP contribution is 2.15. The Morgan fingerprint density at radius 2 is 1.92 bits per heavy atom. The van der Waals surface area contributed by atoms with Gasteiger partial charge in [0.05, 0.1) is 6.61 Å². The zero-order valence-corrected chi connectivity index (χ0v) is 7.68. The average molecular weight is 173 g/mol. The largest absolute Gasteiger partial charge is 0.395 e. The van der Waals surface area contributed by atoms with Gasteiger partial charge in [0.15, 0.2) is 0 Å². The maximum absolute atomic E-state index is 11.2. The first-order valence-corrected chi connectivity index (χ1v) is 3.83. The van der Waals surface area contributed by atoms with Crippen molar-refractivity contribution in [2.45, 2.75) is 20.8 Å². The lowest BCUT2D eigenvalue weighted by Gasteiger charge is -2.19. The molecule has 0 saturated heterocycles. The van der Waals surface area contributed by atoms with Crippen LogP contribution in [0.1, 0.15) is 20.8 Å². The second-order valence-corrected chi connectivity index (χ2v) is 3.16. The standard InChI is InChI=1S/C8H15NO3/c1-6(11)8(2,3)7(12)9-4-5-10/h10H,4-5H2,1-3H3,(H,9,12). The predicted molar refractivity (Wildman–Crippen MR) is 44.6 cm³/mol. The van der Waals surface area contributed by atoms with Crippen LogP contribution >= 0.6 is 0 Å². The van der Waals surface area contributed by atoms with Gasteiger partial charge in [-0.1, -0.05) is 0 Å². The van der Waals surface area contributed by atoms with Gasteiger partial charge in [-0.15, -0.1) is 0 Å². The second-order valence-electron chi connectivity index (χ2n) is 3.16. The molecular weight excluding hydrogens is 158 g/mol. The van der Waals surface area contributed by atoms with Crippen LogP contribution in [0.2, 0.25) is 0 Å². The summed E-state index contributed by atoms with van der Waals surface area (Å²) in [7, 11) is 0. The number of ketones is 1. The summed E-state index contributed by atoms with van der Waals surface area (Å²) in [6.45, 7) is 4.57. The SMILES string of the molecule is CC(=O)C(C)(C)C(=O)NCCO. The fraction of sp³-hybridized carbons (Fsp3) is 0.750. The van der Waals surface area contributed by atoms with Crippen molar-refractivity contribution in [1.82, 2.24) is 5.32 Å². The highest BCUT2D eigenvalue weighted by atomic mass is 16.3. The summed E-state index contributed by atoms with van der Waals surface area (Å²) in [4.78, 5) is 22.2. The zero-order valence-electron chi connectivity index (χ0n) is 7.68. The van der Waals surface area contributed by atoms with Gasteiger partial charge >= 0.3 is 0 Å². The molecule has 0 unspecified atom stereocenters. The fourth-order valence-corrected chi connectivity index (χ4v) is 0.550. The van der Waals surface area contributed by atoms with Crippen molar-refractivity contribution in [1.29, 1.82) is 0 Å². The lowest BCUT2D eigenvalue weighted by atomic mass is 9.88. The minimum absolute atomic E-state index is 0.111. The summed E-state index contributed by atoms with van der Waals surface area (Å²) in [6.07, 6.45) is 0. The molecule has 0 aromatic carbocycles. The molecule has 4 heteroatoms. The van der Waals surface area contributed by atoms with E-state index in [9.17, 15) is 9.59 Å². The summed E-state index contributed by atoms with van der Waals surface area (Å²) in [5, 5.41) is 10.9. The van der Waals surface area contributed by atoms with E-state index in [1.807, 2.05) is 0 Å². The number of carbonyl (C=O) groups excluding carboxylic acids is 2. The van der Waals surface area contributed by atoms with E-state index >= 15 is 0 Å². The summed E-state index contributed by atoms with van der Waals surface area (Å²) >= 11 is 0. The maximum Gasteiger partial charge on any atom is 0.233 e. The van der Waals surface area contributed by atoms with Crippen LogP contribution in [0.3, 0.4) is 0 Å². The Labute approximate surface area is 72.0 Å². The molecule has 0 fully saturated rings. The lowest BCUT2D eigenvalue weighted by molar-refractivity contribution is -0.138. The van der Waals surface area contributed by atoms with Gasteiger partial charge in [0.25, 0.3) is 0 Å².